The second kappa shape index (κ2) is 4.52. The van der Waals surface area contributed by atoms with Gasteiger partial charge in [-0.2, -0.15) is 8.75 Å². The van der Waals surface area contributed by atoms with Crippen LogP contribution in [0.2, 0.25) is 0 Å². The number of hydrogen-bond acceptors (Lipinski definition) is 5. The lowest BCUT2D eigenvalue weighted by molar-refractivity contribution is 0.479. The van der Waals surface area contributed by atoms with E-state index >= 15 is 0 Å². The second-order valence-electron chi connectivity index (χ2n) is 4.39. The molecule has 3 rings (SSSR count). The lowest BCUT2D eigenvalue weighted by atomic mass is 10.0. The van der Waals surface area contributed by atoms with Crippen LogP contribution >= 0.6 is 11.7 Å². The van der Waals surface area contributed by atoms with Crippen LogP contribution in [0.25, 0.3) is 0 Å². The number of hydrogen-bond donors (Lipinski definition) is 2. The van der Waals surface area contributed by atoms with Gasteiger partial charge in [0.25, 0.3) is 0 Å². The van der Waals surface area contributed by atoms with Gasteiger partial charge in [-0.25, -0.2) is 0 Å². The maximum atomic E-state index is 5.63. The largest absolute Gasteiger partial charge is 0.271 e. The normalized spacial score (nSPS) is 24.5. The number of rotatable bonds is 4. The van der Waals surface area contributed by atoms with Crippen molar-refractivity contribution in [2.24, 2.45) is 11.8 Å². The number of nitrogens with one attached hydrogen (secondary N) is 1. The lowest BCUT2D eigenvalue weighted by Crippen LogP contribution is -2.30. The highest BCUT2D eigenvalue weighted by Crippen LogP contribution is 2.53. The van der Waals surface area contributed by atoms with Crippen molar-refractivity contribution in [3.05, 3.63) is 47.8 Å². The molecule has 0 aliphatic heterocycles. The molecule has 2 aromatic rings. The summed E-state index contributed by atoms with van der Waals surface area (Å²) in [5.41, 5.74) is 5.22. The van der Waals surface area contributed by atoms with Gasteiger partial charge in [0.05, 0.1) is 29.7 Å². The quantitative estimate of drug-likeness (QED) is 0.638. The molecule has 1 aromatic heterocycles. The minimum absolute atomic E-state index is 0.124. The number of benzene rings is 1. The average molecular weight is 246 g/mol. The van der Waals surface area contributed by atoms with E-state index in [1.54, 1.807) is 6.20 Å². The molecule has 17 heavy (non-hydrogen) atoms. The molecule has 1 saturated carbocycles. The SMILES string of the molecule is NNC(c1cnsn1)C1CC1c1ccccc1. The van der Waals surface area contributed by atoms with E-state index in [2.05, 4.69) is 38.4 Å². The maximum Gasteiger partial charge on any atom is 0.0928 e. The molecule has 0 spiro atoms. The molecule has 0 bridgehead atoms. The van der Waals surface area contributed by atoms with Crippen molar-refractivity contribution in [1.29, 1.82) is 0 Å². The first-order valence-electron chi connectivity index (χ1n) is 5.68. The molecule has 4 nitrogen and oxygen atoms in total. The van der Waals surface area contributed by atoms with Crippen LogP contribution in [0, 0.1) is 5.92 Å². The van der Waals surface area contributed by atoms with Gasteiger partial charge in [-0.05, 0) is 23.8 Å². The predicted octanol–water partition coefficient (Wildman–Crippen LogP) is 1.85. The van der Waals surface area contributed by atoms with E-state index < -0.39 is 0 Å². The molecule has 0 saturated heterocycles. The van der Waals surface area contributed by atoms with Crippen molar-refractivity contribution in [2.75, 3.05) is 0 Å². The summed E-state index contributed by atoms with van der Waals surface area (Å²) in [4.78, 5) is 0. The van der Waals surface area contributed by atoms with Gasteiger partial charge in [0.15, 0.2) is 0 Å². The molecule has 88 valence electrons. The summed E-state index contributed by atoms with van der Waals surface area (Å²) in [7, 11) is 0. The van der Waals surface area contributed by atoms with Gasteiger partial charge in [0.2, 0.25) is 0 Å². The standard InChI is InChI=1S/C12H14N4S/c13-15-12(11-7-14-17-16-11)10-6-9(10)8-4-2-1-3-5-8/h1-5,7,9-10,12,15H,6,13H2. The fourth-order valence-electron chi connectivity index (χ4n) is 2.40. The van der Waals surface area contributed by atoms with Gasteiger partial charge < -0.3 is 0 Å². The Bertz CT molecular complexity index is 471. The van der Waals surface area contributed by atoms with E-state index in [0.717, 1.165) is 12.1 Å². The monoisotopic (exact) mass is 246 g/mol. The van der Waals surface area contributed by atoms with Crippen molar-refractivity contribution in [3.8, 4) is 0 Å². The summed E-state index contributed by atoms with van der Waals surface area (Å²) in [6, 6.07) is 10.7. The molecule has 5 heteroatoms. The van der Waals surface area contributed by atoms with E-state index in [4.69, 9.17) is 5.84 Å². The van der Waals surface area contributed by atoms with E-state index in [1.807, 2.05) is 6.07 Å². The molecule has 1 aromatic carbocycles. The van der Waals surface area contributed by atoms with Crippen molar-refractivity contribution in [3.63, 3.8) is 0 Å². The molecule has 1 aliphatic carbocycles. The van der Waals surface area contributed by atoms with Crippen LogP contribution in [-0.2, 0) is 0 Å². The highest BCUT2D eigenvalue weighted by atomic mass is 32.1. The smallest absolute Gasteiger partial charge is 0.0928 e. The maximum absolute atomic E-state index is 5.63. The summed E-state index contributed by atoms with van der Waals surface area (Å²) < 4.78 is 8.30. The van der Waals surface area contributed by atoms with Gasteiger partial charge in [-0.1, -0.05) is 30.3 Å². The molecule has 3 unspecified atom stereocenters. The molecule has 3 atom stereocenters. The molecular formula is C12H14N4S. The molecule has 1 heterocycles. The number of aromatic nitrogens is 2. The van der Waals surface area contributed by atoms with Crippen molar-refractivity contribution < 1.29 is 0 Å². The zero-order chi connectivity index (χ0) is 11.7. The Balaban J connectivity index is 1.75. The number of hydrazine groups is 1. The summed E-state index contributed by atoms with van der Waals surface area (Å²) in [5, 5.41) is 0. The number of nitrogens with zero attached hydrogens (tertiary/aromatic N) is 2. The third-order valence-corrected chi connectivity index (χ3v) is 3.86. The summed E-state index contributed by atoms with van der Waals surface area (Å²) in [6.07, 6.45) is 2.96. The number of nitrogens with two attached hydrogens (primary N) is 1. The Morgan fingerprint density at radius 3 is 2.82 bits per heavy atom. The molecule has 0 amide bonds. The van der Waals surface area contributed by atoms with Crippen LogP contribution < -0.4 is 11.3 Å². The average Bonchev–Trinajstić information content (AvgIpc) is 2.97. The fourth-order valence-corrected chi connectivity index (χ4v) is 2.86. The molecule has 3 N–H and O–H groups in total. The van der Waals surface area contributed by atoms with Crippen LogP contribution in [0.3, 0.4) is 0 Å². The highest BCUT2D eigenvalue weighted by molar-refractivity contribution is 6.99. The first-order valence-corrected chi connectivity index (χ1v) is 6.41. The zero-order valence-electron chi connectivity index (χ0n) is 9.28. The Morgan fingerprint density at radius 1 is 1.35 bits per heavy atom. The van der Waals surface area contributed by atoms with E-state index in [0.29, 0.717) is 11.8 Å². The molecule has 1 fully saturated rings. The van der Waals surface area contributed by atoms with Crippen LogP contribution in [0.1, 0.15) is 29.6 Å². The van der Waals surface area contributed by atoms with Crippen molar-refractivity contribution >= 4 is 11.7 Å². The third kappa shape index (κ3) is 2.09. The Kier molecular flexibility index (Phi) is 2.88. The van der Waals surface area contributed by atoms with Gasteiger partial charge in [0, 0.05) is 0 Å². The van der Waals surface area contributed by atoms with Crippen LogP contribution in [-0.4, -0.2) is 8.75 Å². The summed E-state index contributed by atoms with van der Waals surface area (Å²) in [6.45, 7) is 0. The zero-order valence-corrected chi connectivity index (χ0v) is 10.1. The topological polar surface area (TPSA) is 63.8 Å². The minimum atomic E-state index is 0.124. The van der Waals surface area contributed by atoms with Crippen molar-refractivity contribution in [1.82, 2.24) is 14.2 Å². The lowest BCUT2D eigenvalue weighted by Gasteiger charge is -2.12. The molecule has 0 radical (unpaired) electrons. The Hall–Kier alpha value is -1.30. The first kappa shape index (κ1) is 10.8. The first-order chi connectivity index (χ1) is 8.40. The van der Waals surface area contributed by atoms with Crippen LogP contribution in [0.15, 0.2) is 36.5 Å². The third-order valence-electron chi connectivity index (χ3n) is 3.37. The Labute approximate surface area is 104 Å². The van der Waals surface area contributed by atoms with Gasteiger partial charge in [0.1, 0.15) is 0 Å². The summed E-state index contributed by atoms with van der Waals surface area (Å²) >= 11 is 1.23. The van der Waals surface area contributed by atoms with Crippen LogP contribution in [0.4, 0.5) is 0 Å². The van der Waals surface area contributed by atoms with E-state index in [9.17, 15) is 0 Å². The van der Waals surface area contributed by atoms with Gasteiger partial charge in [-0.3, -0.25) is 11.3 Å². The minimum Gasteiger partial charge on any atom is -0.271 e. The van der Waals surface area contributed by atoms with Crippen molar-refractivity contribution in [2.45, 2.75) is 18.4 Å². The Morgan fingerprint density at radius 2 is 2.18 bits per heavy atom. The predicted molar refractivity (Wildman–Crippen MR) is 67.3 cm³/mol. The van der Waals surface area contributed by atoms with Gasteiger partial charge >= 0.3 is 0 Å². The second-order valence-corrected chi connectivity index (χ2v) is 4.95. The molecular weight excluding hydrogens is 232 g/mol. The fraction of sp³-hybridized carbons (Fsp3) is 0.333. The molecule has 1 aliphatic rings. The van der Waals surface area contributed by atoms with Crippen LogP contribution in [0.5, 0.6) is 0 Å². The van der Waals surface area contributed by atoms with E-state index in [1.165, 1.54) is 17.3 Å². The summed E-state index contributed by atoms with van der Waals surface area (Å²) in [5.74, 6) is 6.76. The van der Waals surface area contributed by atoms with Gasteiger partial charge in [-0.15, -0.1) is 0 Å². The highest BCUT2D eigenvalue weighted by Gasteiger charge is 2.44. The van der Waals surface area contributed by atoms with E-state index in [-0.39, 0.29) is 6.04 Å².